The molecule has 0 bridgehead atoms. The second-order valence-electron chi connectivity index (χ2n) is 6.01. The number of rotatable bonds is 3. The molecule has 6 nitrogen and oxygen atoms in total. The van der Waals surface area contributed by atoms with Crippen LogP contribution in [0, 0.1) is 5.82 Å². The van der Waals surface area contributed by atoms with Gasteiger partial charge in [0, 0.05) is 11.3 Å². The van der Waals surface area contributed by atoms with E-state index in [0.29, 0.717) is 16.9 Å². The first kappa shape index (κ1) is 18.3. The molecule has 28 heavy (non-hydrogen) atoms. The van der Waals surface area contributed by atoms with E-state index in [-0.39, 0.29) is 21.3 Å². The number of anilines is 2. The minimum atomic E-state index is -0.446. The molecule has 2 aliphatic rings. The van der Waals surface area contributed by atoms with Crippen LogP contribution in [-0.4, -0.2) is 28.6 Å². The van der Waals surface area contributed by atoms with Crippen LogP contribution in [0.15, 0.2) is 53.4 Å². The summed E-state index contributed by atoms with van der Waals surface area (Å²) in [5, 5.41) is 5.13. The molecule has 140 valence electrons. The minimum Gasteiger partial charge on any atom is -0.325 e. The second-order valence-corrected chi connectivity index (χ2v) is 7.70. The van der Waals surface area contributed by atoms with Gasteiger partial charge in [-0.05, 0) is 30.3 Å². The lowest BCUT2D eigenvalue weighted by Crippen LogP contribution is -2.35. The normalized spacial score (nSPS) is 18.3. The van der Waals surface area contributed by atoms with E-state index < -0.39 is 23.5 Å². The molecule has 0 atom stereocenters. The predicted octanol–water partition coefficient (Wildman–Crippen LogP) is 2.67. The zero-order valence-corrected chi connectivity index (χ0v) is 15.8. The van der Waals surface area contributed by atoms with E-state index >= 15 is 0 Å². The summed E-state index contributed by atoms with van der Waals surface area (Å²) >= 11 is 6.04. The van der Waals surface area contributed by atoms with Crippen molar-refractivity contribution in [2.75, 3.05) is 16.8 Å². The zero-order chi connectivity index (χ0) is 19.8. The summed E-state index contributed by atoms with van der Waals surface area (Å²) in [4.78, 5) is 39.2. The lowest BCUT2D eigenvalue weighted by molar-refractivity contribution is -0.118. The van der Waals surface area contributed by atoms with Gasteiger partial charge in [0.2, 0.25) is 5.91 Å². The number of nitrogens with one attached hydrogen (secondary N) is 2. The van der Waals surface area contributed by atoms with Crippen LogP contribution in [0.5, 0.6) is 0 Å². The molecule has 4 rings (SSSR count). The van der Waals surface area contributed by atoms with Gasteiger partial charge in [-0.25, -0.2) is 4.39 Å². The van der Waals surface area contributed by atoms with Crippen LogP contribution >= 0.6 is 24.0 Å². The van der Waals surface area contributed by atoms with Crippen LogP contribution in [0.4, 0.5) is 15.8 Å². The number of nitrogens with zero attached hydrogens (tertiary/aromatic N) is 1. The van der Waals surface area contributed by atoms with Gasteiger partial charge in [-0.3, -0.25) is 19.3 Å². The Balaban J connectivity index is 1.63. The van der Waals surface area contributed by atoms with Gasteiger partial charge in [-0.15, -0.1) is 0 Å². The van der Waals surface area contributed by atoms with Crippen LogP contribution in [0.25, 0.3) is 5.57 Å². The minimum absolute atomic E-state index is 0.226. The SMILES string of the molecule is O=C(CN1C(=O)/C(=C2/SC(=S)NC2=O)c2ccccc21)Nc1ccc(F)cc1. The Hall–Kier alpha value is -3.04. The first-order valence-corrected chi connectivity index (χ1v) is 9.40. The first-order chi connectivity index (χ1) is 13.4. The molecule has 1 fully saturated rings. The molecule has 0 radical (unpaired) electrons. The highest BCUT2D eigenvalue weighted by atomic mass is 32.2. The van der Waals surface area contributed by atoms with E-state index in [0.717, 1.165) is 11.8 Å². The highest BCUT2D eigenvalue weighted by Gasteiger charge is 2.39. The van der Waals surface area contributed by atoms with E-state index in [4.69, 9.17) is 12.2 Å². The van der Waals surface area contributed by atoms with Crippen molar-refractivity contribution in [3.05, 3.63) is 64.8 Å². The molecule has 2 N–H and O–H groups in total. The number of carbonyl (C=O) groups excluding carboxylic acids is 3. The quantitative estimate of drug-likeness (QED) is 0.598. The van der Waals surface area contributed by atoms with Gasteiger partial charge in [0.05, 0.1) is 16.2 Å². The summed E-state index contributed by atoms with van der Waals surface area (Å²) in [6.45, 7) is -0.249. The molecule has 3 amide bonds. The molecule has 2 aromatic carbocycles. The van der Waals surface area contributed by atoms with Gasteiger partial charge >= 0.3 is 0 Å². The van der Waals surface area contributed by atoms with Crippen molar-refractivity contribution in [3.63, 3.8) is 0 Å². The maximum Gasteiger partial charge on any atom is 0.264 e. The molecular weight excluding hydrogens is 401 g/mol. The number of thioether (sulfide) groups is 1. The number of hydrogen-bond acceptors (Lipinski definition) is 5. The molecule has 0 spiro atoms. The maximum atomic E-state index is 13.0. The number of carbonyl (C=O) groups is 3. The molecule has 1 saturated heterocycles. The van der Waals surface area contributed by atoms with E-state index in [1.807, 2.05) is 0 Å². The molecule has 0 aromatic heterocycles. The van der Waals surface area contributed by atoms with Crippen LogP contribution in [-0.2, 0) is 14.4 Å². The molecule has 0 unspecified atom stereocenters. The smallest absolute Gasteiger partial charge is 0.264 e. The predicted molar refractivity (Wildman–Crippen MR) is 109 cm³/mol. The number of fused-ring (bicyclic) bond motifs is 1. The second kappa shape index (κ2) is 7.17. The average Bonchev–Trinajstić information content (AvgIpc) is 3.13. The van der Waals surface area contributed by atoms with Gasteiger partial charge in [0.25, 0.3) is 11.8 Å². The maximum absolute atomic E-state index is 13.0. The van der Waals surface area contributed by atoms with Crippen molar-refractivity contribution in [1.29, 1.82) is 0 Å². The average molecular weight is 413 g/mol. The fourth-order valence-corrected chi connectivity index (χ4v) is 4.13. The van der Waals surface area contributed by atoms with E-state index in [1.165, 1.54) is 29.2 Å². The number of halogens is 1. The van der Waals surface area contributed by atoms with E-state index in [9.17, 15) is 18.8 Å². The number of benzene rings is 2. The fraction of sp³-hybridized carbons (Fsp3) is 0.0526. The van der Waals surface area contributed by atoms with Crippen molar-refractivity contribution in [1.82, 2.24) is 5.32 Å². The standard InChI is InChI=1S/C19H12FN3O3S2/c20-10-5-7-11(8-6-10)21-14(24)9-23-13-4-2-1-3-12(13)15(18(23)26)16-17(25)22-19(27)28-16/h1-8H,9H2,(H,21,24)(H,22,25,27)/b16-15+. The third-order valence-electron chi connectivity index (χ3n) is 4.20. The molecule has 0 saturated carbocycles. The molecule has 0 aliphatic carbocycles. The molecular formula is C19H12FN3O3S2. The molecule has 2 aromatic rings. The van der Waals surface area contributed by atoms with Crippen LogP contribution in [0.1, 0.15) is 5.56 Å². The lowest BCUT2D eigenvalue weighted by Gasteiger charge is -2.16. The number of para-hydroxylation sites is 1. The Bertz CT molecular complexity index is 1070. The van der Waals surface area contributed by atoms with Crippen molar-refractivity contribution in [2.24, 2.45) is 0 Å². The van der Waals surface area contributed by atoms with Crippen molar-refractivity contribution >= 4 is 63.0 Å². The molecule has 9 heteroatoms. The summed E-state index contributed by atoms with van der Waals surface area (Å²) in [7, 11) is 0. The first-order valence-electron chi connectivity index (χ1n) is 8.18. The summed E-state index contributed by atoms with van der Waals surface area (Å²) in [6, 6.07) is 12.3. The van der Waals surface area contributed by atoms with Crippen molar-refractivity contribution in [3.8, 4) is 0 Å². The summed E-state index contributed by atoms with van der Waals surface area (Å²) in [6.07, 6.45) is 0. The Kier molecular flexibility index (Phi) is 4.70. The third kappa shape index (κ3) is 3.30. The zero-order valence-electron chi connectivity index (χ0n) is 14.2. The fourth-order valence-electron chi connectivity index (χ4n) is 3.01. The summed E-state index contributed by atoms with van der Waals surface area (Å²) in [5.74, 6) is -1.73. The summed E-state index contributed by atoms with van der Waals surface area (Å²) < 4.78 is 13.3. The van der Waals surface area contributed by atoms with E-state index in [1.54, 1.807) is 24.3 Å². The highest BCUT2D eigenvalue weighted by molar-refractivity contribution is 8.27. The molecule has 2 aliphatic heterocycles. The van der Waals surface area contributed by atoms with Crippen molar-refractivity contribution < 1.29 is 18.8 Å². The van der Waals surface area contributed by atoms with Crippen molar-refractivity contribution in [2.45, 2.75) is 0 Å². The third-order valence-corrected chi connectivity index (χ3v) is 5.43. The number of hydrogen-bond donors (Lipinski definition) is 2. The van der Waals surface area contributed by atoms with Gasteiger partial charge < -0.3 is 10.6 Å². The monoisotopic (exact) mass is 413 g/mol. The largest absolute Gasteiger partial charge is 0.325 e. The Labute approximate surface area is 168 Å². The summed E-state index contributed by atoms with van der Waals surface area (Å²) in [5.41, 5.74) is 1.76. The Morgan fingerprint density at radius 2 is 1.86 bits per heavy atom. The Morgan fingerprint density at radius 1 is 1.14 bits per heavy atom. The number of thiocarbonyl (C=S) groups is 1. The topological polar surface area (TPSA) is 78.5 Å². The van der Waals surface area contributed by atoms with Crippen LogP contribution < -0.4 is 15.5 Å². The van der Waals surface area contributed by atoms with Gasteiger partial charge in [0.1, 0.15) is 16.7 Å². The van der Waals surface area contributed by atoms with E-state index in [2.05, 4.69) is 10.6 Å². The van der Waals surface area contributed by atoms with Gasteiger partial charge in [-0.2, -0.15) is 0 Å². The molecule has 2 heterocycles. The van der Waals surface area contributed by atoms with Gasteiger partial charge in [-0.1, -0.05) is 42.2 Å². The lowest BCUT2D eigenvalue weighted by atomic mass is 10.1. The Morgan fingerprint density at radius 3 is 2.54 bits per heavy atom. The number of amides is 3. The van der Waals surface area contributed by atoms with Crippen LogP contribution in [0.2, 0.25) is 0 Å². The van der Waals surface area contributed by atoms with Gasteiger partial charge in [0.15, 0.2) is 0 Å². The highest BCUT2D eigenvalue weighted by Crippen LogP contribution is 2.42. The van der Waals surface area contributed by atoms with Crippen LogP contribution in [0.3, 0.4) is 0 Å².